The topological polar surface area (TPSA) is 69.0 Å². The number of dihydropyridines is 1. The minimum absolute atomic E-state index is 0.216. The zero-order chi connectivity index (χ0) is 20.8. The van der Waals surface area contributed by atoms with Crippen LogP contribution in [-0.2, 0) is 19.1 Å². The van der Waals surface area contributed by atoms with Crippen LogP contribution in [0.3, 0.4) is 0 Å². The molecule has 0 bridgehead atoms. The number of benzene rings is 1. The summed E-state index contributed by atoms with van der Waals surface area (Å²) in [5.74, 6) is -1.97. The van der Waals surface area contributed by atoms with Crippen LogP contribution in [0.5, 0.6) is 0 Å². The molecule has 7 heteroatoms. The van der Waals surface area contributed by atoms with E-state index in [1.165, 1.54) is 26.2 Å². The van der Waals surface area contributed by atoms with Crippen molar-refractivity contribution in [3.05, 3.63) is 69.2 Å². The van der Waals surface area contributed by atoms with Crippen LogP contribution in [0.2, 0.25) is 0 Å². The van der Waals surface area contributed by atoms with E-state index in [1.807, 2.05) is 0 Å². The lowest BCUT2D eigenvalue weighted by atomic mass is 9.81. The van der Waals surface area contributed by atoms with Crippen LogP contribution >= 0.6 is 0 Å². The fourth-order valence-corrected chi connectivity index (χ4v) is 3.31. The number of ether oxygens (including phenoxy) is 2. The molecule has 1 aromatic rings. The molecule has 1 unspecified atom stereocenters. The van der Waals surface area contributed by atoms with Crippen molar-refractivity contribution in [2.24, 2.45) is 0 Å². The SMILES string of the molecule is [C-]#[N+]C1=C(C)NC(CCCOC(C)=O)=C(C(=O)OC)C1c1ccc(F)cc1C. The van der Waals surface area contributed by atoms with Gasteiger partial charge in [-0.1, -0.05) is 6.07 Å². The fourth-order valence-electron chi connectivity index (χ4n) is 3.31. The van der Waals surface area contributed by atoms with Gasteiger partial charge in [-0.25, -0.2) is 14.0 Å². The average Bonchev–Trinajstić information content (AvgIpc) is 2.64. The van der Waals surface area contributed by atoms with Gasteiger partial charge in [-0.2, -0.15) is 0 Å². The van der Waals surface area contributed by atoms with Crippen LogP contribution in [0, 0.1) is 19.3 Å². The van der Waals surface area contributed by atoms with Crippen LogP contribution in [0.25, 0.3) is 4.85 Å². The Labute approximate surface area is 163 Å². The molecule has 0 saturated carbocycles. The lowest BCUT2D eigenvalue weighted by Gasteiger charge is -2.30. The highest BCUT2D eigenvalue weighted by molar-refractivity contribution is 5.93. The summed E-state index contributed by atoms with van der Waals surface area (Å²) in [7, 11) is 1.28. The Morgan fingerprint density at radius 2 is 2.04 bits per heavy atom. The minimum atomic E-state index is -0.657. The summed E-state index contributed by atoms with van der Waals surface area (Å²) >= 11 is 0. The number of hydrogen-bond donors (Lipinski definition) is 1. The number of methoxy groups -OCH3 is 1. The Bertz CT molecular complexity index is 896. The summed E-state index contributed by atoms with van der Waals surface area (Å²) in [6, 6.07) is 4.29. The van der Waals surface area contributed by atoms with Crippen LogP contribution in [0.4, 0.5) is 4.39 Å². The van der Waals surface area contributed by atoms with E-state index in [0.717, 1.165) is 0 Å². The second-order valence-electron chi connectivity index (χ2n) is 6.51. The van der Waals surface area contributed by atoms with E-state index in [-0.39, 0.29) is 18.4 Å². The van der Waals surface area contributed by atoms with Crippen molar-refractivity contribution < 1.29 is 23.5 Å². The quantitative estimate of drug-likeness (QED) is 0.458. The van der Waals surface area contributed by atoms with Gasteiger partial charge in [-0.05, 0) is 49.9 Å². The number of hydrogen-bond acceptors (Lipinski definition) is 5. The normalized spacial score (nSPS) is 16.4. The lowest BCUT2D eigenvalue weighted by molar-refractivity contribution is -0.141. The third-order valence-corrected chi connectivity index (χ3v) is 4.55. The Hall–Kier alpha value is -3.14. The van der Waals surface area contributed by atoms with E-state index >= 15 is 0 Å². The van der Waals surface area contributed by atoms with E-state index in [1.54, 1.807) is 19.9 Å². The second kappa shape index (κ2) is 9.18. The Balaban J connectivity index is 2.53. The third-order valence-electron chi connectivity index (χ3n) is 4.55. The second-order valence-corrected chi connectivity index (χ2v) is 6.51. The number of aryl methyl sites for hydroxylation is 1. The van der Waals surface area contributed by atoms with Gasteiger partial charge in [0.1, 0.15) is 5.82 Å². The van der Waals surface area contributed by atoms with Crippen molar-refractivity contribution in [2.45, 2.75) is 39.5 Å². The first kappa shape index (κ1) is 21.2. The maximum Gasteiger partial charge on any atom is 0.335 e. The summed E-state index contributed by atoms with van der Waals surface area (Å²) in [4.78, 5) is 27.2. The molecule has 0 aromatic heterocycles. The molecular formula is C21H23FN2O4. The summed E-state index contributed by atoms with van der Waals surface area (Å²) in [5.41, 5.74) is 3.22. The molecule has 1 atom stereocenters. The molecule has 0 radical (unpaired) electrons. The van der Waals surface area contributed by atoms with E-state index in [2.05, 4.69) is 10.2 Å². The highest BCUT2D eigenvalue weighted by Crippen LogP contribution is 2.41. The molecule has 2 rings (SSSR count). The summed E-state index contributed by atoms with van der Waals surface area (Å²) < 4.78 is 23.6. The zero-order valence-electron chi connectivity index (χ0n) is 16.4. The van der Waals surface area contributed by atoms with Crippen molar-refractivity contribution in [2.75, 3.05) is 13.7 Å². The first-order valence-corrected chi connectivity index (χ1v) is 8.86. The molecule has 0 spiro atoms. The van der Waals surface area contributed by atoms with Crippen molar-refractivity contribution in [3.8, 4) is 0 Å². The average molecular weight is 386 g/mol. The van der Waals surface area contributed by atoms with E-state index < -0.39 is 11.9 Å². The molecule has 1 heterocycles. The molecule has 6 nitrogen and oxygen atoms in total. The number of esters is 2. The van der Waals surface area contributed by atoms with Gasteiger partial charge in [0.25, 0.3) is 0 Å². The highest BCUT2D eigenvalue weighted by Gasteiger charge is 2.36. The summed E-state index contributed by atoms with van der Waals surface area (Å²) in [6.07, 6.45) is 0.926. The van der Waals surface area contributed by atoms with Gasteiger partial charge in [0.2, 0.25) is 0 Å². The first-order chi connectivity index (χ1) is 13.3. The maximum atomic E-state index is 13.6. The smallest absolute Gasteiger partial charge is 0.335 e. The van der Waals surface area contributed by atoms with Gasteiger partial charge in [0.05, 0.1) is 31.8 Å². The minimum Gasteiger partial charge on any atom is -0.466 e. The number of nitrogens with zero attached hydrogens (tertiary/aromatic N) is 1. The highest BCUT2D eigenvalue weighted by atomic mass is 19.1. The zero-order valence-corrected chi connectivity index (χ0v) is 16.4. The van der Waals surface area contributed by atoms with Gasteiger partial charge in [-0.15, -0.1) is 0 Å². The number of carbonyl (C=O) groups is 2. The lowest BCUT2D eigenvalue weighted by Crippen LogP contribution is -2.29. The molecule has 1 aliphatic heterocycles. The number of carbonyl (C=O) groups excluding carboxylic acids is 2. The number of rotatable bonds is 6. The van der Waals surface area contributed by atoms with E-state index in [9.17, 15) is 14.0 Å². The van der Waals surface area contributed by atoms with Gasteiger partial charge in [0.15, 0.2) is 5.70 Å². The predicted molar refractivity (Wildman–Crippen MR) is 101 cm³/mol. The maximum absolute atomic E-state index is 13.6. The molecule has 0 fully saturated rings. The number of nitrogens with one attached hydrogen (secondary N) is 1. The number of allylic oxidation sites excluding steroid dienone is 3. The Kier molecular flexibility index (Phi) is 6.94. The van der Waals surface area contributed by atoms with Gasteiger partial charge >= 0.3 is 11.9 Å². The van der Waals surface area contributed by atoms with Crippen LogP contribution < -0.4 is 5.32 Å². The van der Waals surface area contributed by atoms with E-state index in [4.69, 9.17) is 16.0 Å². The van der Waals surface area contributed by atoms with Crippen molar-refractivity contribution in [1.82, 2.24) is 5.32 Å². The Morgan fingerprint density at radius 3 is 2.61 bits per heavy atom. The fraction of sp³-hybridized carbons (Fsp3) is 0.381. The molecule has 1 aromatic carbocycles. The first-order valence-electron chi connectivity index (χ1n) is 8.86. The molecule has 0 aliphatic carbocycles. The molecule has 0 amide bonds. The van der Waals surface area contributed by atoms with Crippen LogP contribution in [0.1, 0.15) is 43.7 Å². The molecular weight excluding hydrogens is 363 g/mol. The standard InChI is InChI=1S/C21H23FN2O4/c1-12-11-15(22)8-9-16(12)18-19(21(26)27-5)17(7-6-10-28-14(3)25)24-13(2)20(18)23-4/h8-9,11,18,24H,6-7,10H2,1-3,5H3. The van der Waals surface area contributed by atoms with Crippen molar-refractivity contribution >= 4 is 11.9 Å². The summed E-state index contributed by atoms with van der Waals surface area (Å²) in [5, 5.41) is 3.13. The van der Waals surface area contributed by atoms with Gasteiger partial charge in [0, 0.05) is 18.3 Å². The van der Waals surface area contributed by atoms with Crippen LogP contribution in [0.15, 0.2) is 40.9 Å². The van der Waals surface area contributed by atoms with E-state index in [0.29, 0.717) is 46.6 Å². The Morgan fingerprint density at radius 1 is 1.32 bits per heavy atom. The largest absolute Gasteiger partial charge is 0.466 e. The van der Waals surface area contributed by atoms with Crippen molar-refractivity contribution in [3.63, 3.8) is 0 Å². The van der Waals surface area contributed by atoms with Gasteiger partial charge < -0.3 is 14.8 Å². The molecule has 1 N–H and O–H groups in total. The third kappa shape index (κ3) is 4.58. The molecule has 0 saturated heterocycles. The monoisotopic (exact) mass is 386 g/mol. The number of halogens is 1. The summed E-state index contributed by atoms with van der Waals surface area (Å²) in [6.45, 7) is 12.7. The van der Waals surface area contributed by atoms with Gasteiger partial charge in [-0.3, -0.25) is 4.79 Å². The van der Waals surface area contributed by atoms with Crippen molar-refractivity contribution in [1.29, 1.82) is 0 Å². The molecule has 148 valence electrons. The van der Waals surface area contributed by atoms with Crippen LogP contribution in [-0.4, -0.2) is 25.7 Å². The predicted octanol–water partition coefficient (Wildman–Crippen LogP) is 3.74. The molecule has 1 aliphatic rings. The molecule has 28 heavy (non-hydrogen) atoms.